The summed E-state index contributed by atoms with van der Waals surface area (Å²) in [4.78, 5) is 11.8. The third kappa shape index (κ3) is 6.88. The molecule has 0 aromatic heterocycles. The predicted octanol–water partition coefficient (Wildman–Crippen LogP) is 1.31. The molecular weight excluding hydrogens is 294 g/mol. The van der Waals surface area contributed by atoms with E-state index in [4.69, 9.17) is 9.47 Å². The van der Waals surface area contributed by atoms with E-state index in [2.05, 4.69) is 22.9 Å². The third-order valence-corrected chi connectivity index (χ3v) is 3.57. The van der Waals surface area contributed by atoms with Gasteiger partial charge in [-0.3, -0.25) is 0 Å². The van der Waals surface area contributed by atoms with Crippen molar-refractivity contribution in [2.75, 3.05) is 39.4 Å². The van der Waals surface area contributed by atoms with Crippen molar-refractivity contribution >= 4 is 6.03 Å². The fraction of sp³-hybridized carbons (Fsp3) is 0.588. The zero-order valence-corrected chi connectivity index (χ0v) is 13.8. The fourth-order valence-corrected chi connectivity index (χ4v) is 2.35. The van der Waals surface area contributed by atoms with Gasteiger partial charge >= 0.3 is 6.03 Å². The highest BCUT2D eigenvalue weighted by molar-refractivity contribution is 5.73. The van der Waals surface area contributed by atoms with Crippen LogP contribution in [0.3, 0.4) is 0 Å². The molecule has 1 heterocycles. The molecule has 1 atom stereocenters. The maximum absolute atomic E-state index is 11.8. The van der Waals surface area contributed by atoms with Gasteiger partial charge in [0.2, 0.25) is 0 Å². The number of morpholine rings is 1. The Morgan fingerprint density at radius 1 is 1.43 bits per heavy atom. The van der Waals surface area contributed by atoms with Crippen molar-refractivity contribution < 1.29 is 14.3 Å². The highest BCUT2D eigenvalue weighted by atomic mass is 16.5. The van der Waals surface area contributed by atoms with Crippen molar-refractivity contribution in [3.8, 4) is 5.75 Å². The van der Waals surface area contributed by atoms with Crippen LogP contribution in [0.15, 0.2) is 24.3 Å². The Morgan fingerprint density at radius 2 is 2.35 bits per heavy atom. The average molecular weight is 321 g/mol. The second-order valence-electron chi connectivity index (χ2n) is 5.58. The largest absolute Gasteiger partial charge is 0.494 e. The number of hydrogen-bond donors (Lipinski definition) is 3. The van der Waals surface area contributed by atoms with Crippen LogP contribution in [0.5, 0.6) is 5.75 Å². The van der Waals surface area contributed by atoms with Crippen molar-refractivity contribution in [3.05, 3.63) is 29.8 Å². The molecule has 0 bridgehead atoms. The standard InChI is InChI=1S/C17H27N3O3/c1-2-9-22-15-5-3-4-14(11-15)6-7-19-17(21)20-13-16-12-18-8-10-23-16/h3-5,11,16,18H,2,6-10,12-13H2,1H3,(H2,19,20,21). The monoisotopic (exact) mass is 321 g/mol. The first-order valence-corrected chi connectivity index (χ1v) is 8.33. The van der Waals surface area contributed by atoms with Gasteiger partial charge in [0.25, 0.3) is 0 Å². The first-order chi connectivity index (χ1) is 11.3. The quantitative estimate of drug-likeness (QED) is 0.675. The van der Waals surface area contributed by atoms with Gasteiger partial charge in [-0.25, -0.2) is 4.79 Å². The minimum atomic E-state index is -0.155. The van der Waals surface area contributed by atoms with E-state index in [0.717, 1.165) is 43.9 Å². The summed E-state index contributed by atoms with van der Waals surface area (Å²) >= 11 is 0. The lowest BCUT2D eigenvalue weighted by molar-refractivity contribution is 0.0307. The van der Waals surface area contributed by atoms with Crippen LogP contribution in [0.25, 0.3) is 0 Å². The van der Waals surface area contributed by atoms with Crippen LogP contribution >= 0.6 is 0 Å². The lowest BCUT2D eigenvalue weighted by atomic mass is 10.1. The number of amides is 2. The van der Waals surface area contributed by atoms with Gasteiger partial charge in [0.05, 0.1) is 19.3 Å². The minimum Gasteiger partial charge on any atom is -0.494 e. The second-order valence-corrected chi connectivity index (χ2v) is 5.58. The van der Waals surface area contributed by atoms with Crippen molar-refractivity contribution in [2.45, 2.75) is 25.9 Å². The molecular formula is C17H27N3O3. The Morgan fingerprint density at radius 3 is 3.13 bits per heavy atom. The van der Waals surface area contributed by atoms with Gasteiger partial charge in [0.15, 0.2) is 0 Å². The summed E-state index contributed by atoms with van der Waals surface area (Å²) in [6, 6.07) is 7.85. The maximum Gasteiger partial charge on any atom is 0.314 e. The van der Waals surface area contributed by atoms with E-state index >= 15 is 0 Å². The first-order valence-electron chi connectivity index (χ1n) is 8.33. The van der Waals surface area contributed by atoms with E-state index in [1.807, 2.05) is 24.3 Å². The molecule has 1 saturated heterocycles. The Balaban J connectivity index is 1.62. The van der Waals surface area contributed by atoms with Gasteiger partial charge in [0.1, 0.15) is 5.75 Å². The summed E-state index contributed by atoms with van der Waals surface area (Å²) in [5.41, 5.74) is 1.15. The molecule has 6 nitrogen and oxygen atoms in total. The molecule has 1 aromatic rings. The molecule has 6 heteroatoms. The number of urea groups is 1. The van der Waals surface area contributed by atoms with Crippen LogP contribution in [-0.4, -0.2) is 51.5 Å². The van der Waals surface area contributed by atoms with Crippen LogP contribution < -0.4 is 20.7 Å². The first kappa shape index (κ1) is 17.6. The Bertz CT molecular complexity index is 476. The lowest BCUT2D eigenvalue weighted by Crippen LogP contribution is -2.47. The zero-order valence-electron chi connectivity index (χ0n) is 13.8. The highest BCUT2D eigenvalue weighted by Crippen LogP contribution is 2.13. The zero-order chi connectivity index (χ0) is 16.3. The smallest absolute Gasteiger partial charge is 0.314 e. The molecule has 3 N–H and O–H groups in total. The van der Waals surface area contributed by atoms with E-state index in [1.165, 1.54) is 0 Å². The number of carbonyl (C=O) groups is 1. The molecule has 23 heavy (non-hydrogen) atoms. The molecule has 1 fully saturated rings. The van der Waals surface area contributed by atoms with Crippen LogP contribution in [-0.2, 0) is 11.2 Å². The number of carbonyl (C=O) groups excluding carboxylic acids is 1. The lowest BCUT2D eigenvalue weighted by Gasteiger charge is -2.23. The molecule has 0 spiro atoms. The summed E-state index contributed by atoms with van der Waals surface area (Å²) in [7, 11) is 0. The van der Waals surface area contributed by atoms with Gasteiger partial charge in [-0.15, -0.1) is 0 Å². The number of rotatable bonds is 8. The van der Waals surface area contributed by atoms with E-state index < -0.39 is 0 Å². The summed E-state index contributed by atoms with van der Waals surface area (Å²) in [6.07, 6.45) is 1.83. The summed E-state index contributed by atoms with van der Waals surface area (Å²) in [6.45, 7) is 6.29. The second kappa shape index (κ2) is 10.1. The summed E-state index contributed by atoms with van der Waals surface area (Å²) < 4.78 is 11.1. The third-order valence-electron chi connectivity index (χ3n) is 3.57. The van der Waals surface area contributed by atoms with Crippen molar-refractivity contribution in [1.29, 1.82) is 0 Å². The van der Waals surface area contributed by atoms with Gasteiger partial charge in [-0.2, -0.15) is 0 Å². The molecule has 0 saturated carbocycles. The average Bonchev–Trinajstić information content (AvgIpc) is 2.59. The van der Waals surface area contributed by atoms with Crippen LogP contribution in [0, 0.1) is 0 Å². The number of benzene rings is 1. The van der Waals surface area contributed by atoms with Crippen molar-refractivity contribution in [2.24, 2.45) is 0 Å². The van der Waals surface area contributed by atoms with Gasteiger partial charge in [0, 0.05) is 26.2 Å². The number of nitrogens with one attached hydrogen (secondary N) is 3. The molecule has 2 rings (SSSR count). The summed E-state index contributed by atoms with van der Waals surface area (Å²) in [5, 5.41) is 8.94. The van der Waals surface area contributed by atoms with Gasteiger partial charge in [-0.1, -0.05) is 19.1 Å². The molecule has 1 aliphatic rings. The molecule has 0 aliphatic carbocycles. The molecule has 1 aliphatic heterocycles. The molecule has 1 aromatic carbocycles. The van der Waals surface area contributed by atoms with E-state index in [9.17, 15) is 4.79 Å². The van der Waals surface area contributed by atoms with Crippen molar-refractivity contribution in [1.82, 2.24) is 16.0 Å². The molecule has 2 amide bonds. The SMILES string of the molecule is CCCOc1cccc(CCNC(=O)NCC2CNCCO2)c1. The van der Waals surface area contributed by atoms with Crippen LogP contribution in [0.4, 0.5) is 4.79 Å². The topological polar surface area (TPSA) is 71.6 Å². The fourth-order valence-electron chi connectivity index (χ4n) is 2.35. The van der Waals surface area contributed by atoms with E-state index in [1.54, 1.807) is 0 Å². The number of hydrogen-bond acceptors (Lipinski definition) is 4. The van der Waals surface area contributed by atoms with Gasteiger partial charge < -0.3 is 25.4 Å². The van der Waals surface area contributed by atoms with Crippen molar-refractivity contribution in [3.63, 3.8) is 0 Å². The Kier molecular flexibility index (Phi) is 7.69. The minimum absolute atomic E-state index is 0.0573. The predicted molar refractivity (Wildman–Crippen MR) is 89.9 cm³/mol. The number of ether oxygens (including phenoxy) is 2. The molecule has 1 unspecified atom stereocenters. The van der Waals surface area contributed by atoms with Crippen LogP contribution in [0.1, 0.15) is 18.9 Å². The van der Waals surface area contributed by atoms with Crippen LogP contribution in [0.2, 0.25) is 0 Å². The highest BCUT2D eigenvalue weighted by Gasteiger charge is 2.13. The molecule has 128 valence electrons. The Hall–Kier alpha value is -1.79. The van der Waals surface area contributed by atoms with E-state index in [0.29, 0.717) is 19.7 Å². The summed E-state index contributed by atoms with van der Waals surface area (Å²) in [5.74, 6) is 0.885. The Labute approximate surface area is 137 Å². The molecule has 0 radical (unpaired) electrons. The van der Waals surface area contributed by atoms with E-state index in [-0.39, 0.29) is 12.1 Å². The normalized spacial score (nSPS) is 17.5. The maximum atomic E-state index is 11.8. The van der Waals surface area contributed by atoms with Gasteiger partial charge in [-0.05, 0) is 30.5 Å².